The quantitative estimate of drug-likeness (QED) is 0.153. The molecule has 0 bridgehead atoms. The minimum absolute atomic E-state index is 0.0259. The van der Waals surface area contributed by atoms with E-state index in [4.69, 9.17) is 0 Å². The highest BCUT2D eigenvalue weighted by molar-refractivity contribution is 7.00. The first-order valence-electron chi connectivity index (χ1n) is 29.3. The van der Waals surface area contributed by atoms with Gasteiger partial charge in [0.25, 0.3) is 6.71 Å². The zero-order chi connectivity index (χ0) is 55.3. The summed E-state index contributed by atoms with van der Waals surface area (Å²) in [6, 6.07) is 61.1. The Balaban J connectivity index is 1.24. The van der Waals surface area contributed by atoms with Gasteiger partial charge < -0.3 is 9.80 Å². The Hall–Kier alpha value is -6.58. The number of rotatable bonds is 6. The smallest absolute Gasteiger partial charge is 0.252 e. The van der Waals surface area contributed by atoms with Crippen LogP contribution in [0.25, 0.3) is 22.3 Å². The number of anilines is 6. The minimum Gasteiger partial charge on any atom is -0.311 e. The van der Waals surface area contributed by atoms with Crippen molar-refractivity contribution in [3.05, 3.63) is 208 Å². The molecule has 3 heteroatoms. The van der Waals surface area contributed by atoms with Crippen LogP contribution in [0.1, 0.15) is 164 Å². The summed E-state index contributed by atoms with van der Waals surface area (Å²) >= 11 is 0. The number of benzene rings is 8. The van der Waals surface area contributed by atoms with E-state index >= 15 is 0 Å². The third-order valence-corrected chi connectivity index (χ3v) is 18.8. The summed E-state index contributed by atoms with van der Waals surface area (Å²) in [6.07, 6.45) is 4.39. The molecule has 0 unspecified atom stereocenters. The molecule has 378 valence electrons. The van der Waals surface area contributed by atoms with Crippen molar-refractivity contribution < 1.29 is 4.11 Å². The van der Waals surface area contributed by atoms with E-state index in [9.17, 15) is 4.11 Å². The van der Waals surface area contributed by atoms with E-state index in [1.165, 1.54) is 49.9 Å². The van der Waals surface area contributed by atoms with Crippen LogP contribution in [-0.2, 0) is 32.5 Å². The van der Waals surface area contributed by atoms with Gasteiger partial charge in [-0.2, -0.15) is 0 Å². The van der Waals surface area contributed by atoms with Crippen LogP contribution in [-0.4, -0.2) is 6.71 Å². The van der Waals surface area contributed by atoms with Crippen molar-refractivity contribution in [1.29, 1.82) is 0 Å². The van der Waals surface area contributed by atoms with Crippen molar-refractivity contribution in [1.82, 2.24) is 0 Å². The van der Waals surface area contributed by atoms with E-state index in [0.29, 0.717) is 5.56 Å². The normalized spacial score (nSPS) is 18.4. The average Bonchev–Trinajstić information content (AvgIpc) is 1.97. The molecule has 4 aliphatic rings. The largest absolute Gasteiger partial charge is 0.311 e. The predicted octanol–water partition coefficient (Wildman–Crippen LogP) is 17.7. The second-order valence-corrected chi connectivity index (χ2v) is 26.9. The Morgan fingerprint density at radius 3 is 1.59 bits per heavy atom. The van der Waals surface area contributed by atoms with Crippen LogP contribution < -0.4 is 26.2 Å². The molecular weight excluding hydrogens is 904 g/mol. The van der Waals surface area contributed by atoms with E-state index in [0.717, 1.165) is 87.5 Å². The minimum atomic E-state index is -2.41. The number of hydrogen-bond acceptors (Lipinski definition) is 2. The van der Waals surface area contributed by atoms with Gasteiger partial charge in [0, 0.05) is 43.5 Å². The molecular formula is C72H77BN2. The molecule has 0 amide bonds. The van der Waals surface area contributed by atoms with E-state index in [1.54, 1.807) is 0 Å². The first-order chi connectivity index (χ1) is 36.7. The fourth-order valence-corrected chi connectivity index (χ4v) is 13.7. The van der Waals surface area contributed by atoms with Crippen LogP contribution in [0, 0.1) is 6.85 Å². The zero-order valence-electron chi connectivity index (χ0n) is 49.9. The maximum absolute atomic E-state index is 9.37. The Labute approximate surface area is 454 Å². The molecule has 0 spiro atoms. The van der Waals surface area contributed by atoms with Gasteiger partial charge in [0.1, 0.15) is 0 Å². The van der Waals surface area contributed by atoms with E-state index in [1.807, 2.05) is 12.1 Å². The highest BCUT2D eigenvalue weighted by Gasteiger charge is 2.48. The molecule has 0 saturated heterocycles. The molecule has 0 saturated carbocycles. The number of fused-ring (bicyclic) bond motifs is 6. The van der Waals surface area contributed by atoms with Crippen LogP contribution in [0.15, 0.2) is 164 Å². The lowest BCUT2D eigenvalue weighted by Gasteiger charge is -2.48. The monoisotopic (exact) mass is 984 g/mol. The van der Waals surface area contributed by atoms with Crippen molar-refractivity contribution in [2.24, 2.45) is 0 Å². The summed E-state index contributed by atoms with van der Waals surface area (Å²) in [7, 11) is 0. The summed E-state index contributed by atoms with van der Waals surface area (Å²) in [5, 5.41) is 0. The molecule has 0 aromatic heterocycles. The average molecular weight is 984 g/mol. The van der Waals surface area contributed by atoms with Crippen molar-refractivity contribution in [3.63, 3.8) is 0 Å². The van der Waals surface area contributed by atoms with Gasteiger partial charge in [-0.1, -0.05) is 205 Å². The second kappa shape index (κ2) is 17.0. The van der Waals surface area contributed by atoms with Gasteiger partial charge in [-0.15, -0.1) is 0 Å². The molecule has 2 aliphatic carbocycles. The summed E-state index contributed by atoms with van der Waals surface area (Å²) in [4.78, 5) is 4.95. The number of nitrogens with zero attached hydrogens (tertiary/aromatic N) is 2. The molecule has 2 heterocycles. The molecule has 0 atom stereocenters. The molecule has 2 aliphatic heterocycles. The topological polar surface area (TPSA) is 6.48 Å². The molecule has 75 heavy (non-hydrogen) atoms. The number of aryl methyl sites for hydroxylation is 1. The Morgan fingerprint density at radius 2 is 0.947 bits per heavy atom. The molecule has 2 nitrogen and oxygen atoms in total. The molecule has 8 aromatic carbocycles. The lowest BCUT2D eigenvalue weighted by molar-refractivity contribution is 0.332. The standard InChI is InChI=1S/C72H77BN2/c1-46-39-64-66-65(40-46)75(61-33-29-49(67(2,3)4)41-54(61)53-28-22-21-27-52(53)47-23-17-15-18-24-47)62-34-30-50(72(13,14)48-25-19-16-20-26-48)42-59(62)73(66)60-44-57-58(71(11,12)38-37-70(57,9)10)45-63(60)74(64)51-31-32-55-56(43-51)69(7,8)36-35-68(55,5)6/h15-34,39-45H,35-38H2,1-14H3/i1D3. The zero-order valence-corrected chi connectivity index (χ0v) is 46.9. The predicted molar refractivity (Wildman–Crippen MR) is 324 cm³/mol. The summed E-state index contributed by atoms with van der Waals surface area (Å²) < 4.78 is 28.1. The van der Waals surface area contributed by atoms with Crippen LogP contribution >= 0.6 is 0 Å². The molecule has 8 aromatic rings. The van der Waals surface area contributed by atoms with Crippen LogP contribution in [0.5, 0.6) is 0 Å². The van der Waals surface area contributed by atoms with Crippen molar-refractivity contribution in [2.45, 2.75) is 155 Å². The maximum atomic E-state index is 9.37. The SMILES string of the molecule is [2H]C([2H])([2H])c1cc2c3c(c1)N(c1ccc(C(C)(C)C)cc1-c1ccccc1-c1ccccc1)c1ccc(C(C)(C)c4ccccc4)cc1B3c1cc3c(cc1N2c1ccc2c(c1)C(C)(C)CCC2(C)C)C(C)(C)CCC3(C)C. The Bertz CT molecular complexity index is 3700. The lowest BCUT2D eigenvalue weighted by atomic mass is 9.33. The summed E-state index contributed by atoms with van der Waals surface area (Å²) in [5.41, 5.74) is 23.2. The van der Waals surface area contributed by atoms with Crippen molar-refractivity contribution in [3.8, 4) is 22.3 Å². The third kappa shape index (κ3) is 7.88. The van der Waals surface area contributed by atoms with Gasteiger partial charge >= 0.3 is 0 Å². The van der Waals surface area contributed by atoms with Gasteiger partial charge in [0.15, 0.2) is 0 Å². The highest BCUT2D eigenvalue weighted by Crippen LogP contribution is 2.54. The Morgan fingerprint density at radius 1 is 0.413 bits per heavy atom. The first kappa shape index (κ1) is 45.8. The molecule has 0 N–H and O–H groups in total. The molecule has 0 fully saturated rings. The van der Waals surface area contributed by atoms with Crippen LogP contribution in [0.4, 0.5) is 34.1 Å². The fraction of sp³-hybridized carbons (Fsp3) is 0.333. The number of hydrogen-bond donors (Lipinski definition) is 0. The van der Waals surface area contributed by atoms with Gasteiger partial charge in [0.05, 0.1) is 5.69 Å². The maximum Gasteiger partial charge on any atom is 0.252 e. The highest BCUT2D eigenvalue weighted by atomic mass is 15.2. The first-order valence-corrected chi connectivity index (χ1v) is 27.8. The van der Waals surface area contributed by atoms with E-state index in [-0.39, 0.29) is 39.2 Å². The van der Waals surface area contributed by atoms with Gasteiger partial charge in [0.2, 0.25) is 0 Å². The fourth-order valence-electron chi connectivity index (χ4n) is 13.7. The van der Waals surface area contributed by atoms with E-state index < -0.39 is 6.85 Å². The van der Waals surface area contributed by atoms with Gasteiger partial charge in [-0.3, -0.25) is 0 Å². The van der Waals surface area contributed by atoms with Gasteiger partial charge in [-0.05, 0) is 186 Å². The van der Waals surface area contributed by atoms with E-state index in [2.05, 4.69) is 251 Å². The lowest BCUT2D eigenvalue weighted by Crippen LogP contribution is -2.62. The second-order valence-electron chi connectivity index (χ2n) is 26.9. The van der Waals surface area contributed by atoms with Crippen molar-refractivity contribution in [2.75, 3.05) is 9.80 Å². The van der Waals surface area contributed by atoms with Crippen LogP contribution in [0.2, 0.25) is 0 Å². The molecule has 12 rings (SSSR count). The summed E-state index contributed by atoms with van der Waals surface area (Å²) in [5.74, 6) is 0. The third-order valence-electron chi connectivity index (χ3n) is 18.8. The van der Waals surface area contributed by atoms with Crippen LogP contribution in [0.3, 0.4) is 0 Å². The van der Waals surface area contributed by atoms with Crippen molar-refractivity contribution >= 4 is 57.2 Å². The Kier molecular flexibility index (Phi) is 10.4. The molecule has 0 radical (unpaired) electrons. The van der Waals surface area contributed by atoms with Gasteiger partial charge in [-0.25, -0.2) is 0 Å². The summed E-state index contributed by atoms with van der Waals surface area (Å²) in [6.45, 7) is 28.3.